The second-order valence-electron chi connectivity index (χ2n) is 4.92. The van der Waals surface area contributed by atoms with Gasteiger partial charge in [-0.3, -0.25) is 0 Å². The molecule has 2 atom stereocenters. The highest BCUT2D eigenvalue weighted by molar-refractivity contribution is 6.60. The lowest BCUT2D eigenvalue weighted by Gasteiger charge is -2.30. The average molecular weight is 308 g/mol. The third-order valence-electron chi connectivity index (χ3n) is 2.85. The number of ether oxygens (including phenoxy) is 2. The summed E-state index contributed by atoms with van der Waals surface area (Å²) in [5.74, 6) is 0.275. The summed E-state index contributed by atoms with van der Waals surface area (Å²) in [5, 5.41) is 8.96. The Balaban J connectivity index is 2.41. The van der Waals surface area contributed by atoms with Gasteiger partial charge in [0.15, 0.2) is 0 Å². The fraction of sp³-hybridized carbons (Fsp3) is 1.00. The van der Waals surface area contributed by atoms with Crippen LogP contribution in [0, 0.1) is 5.92 Å². The van der Waals surface area contributed by atoms with Gasteiger partial charge in [-0.2, -0.15) is 0 Å². The van der Waals surface area contributed by atoms with E-state index < -0.39 is 8.80 Å². The largest absolute Gasteiger partial charge is 0.501 e. The highest BCUT2D eigenvalue weighted by Gasteiger charge is 2.42. The van der Waals surface area contributed by atoms with E-state index in [1.807, 2.05) is 13.8 Å². The number of aliphatic hydroxyl groups excluding tert-OH is 1. The molecule has 1 N–H and O–H groups in total. The molecule has 6 nitrogen and oxygen atoms in total. The van der Waals surface area contributed by atoms with Crippen LogP contribution in [0.25, 0.3) is 0 Å². The molecule has 7 heteroatoms. The van der Waals surface area contributed by atoms with E-state index in [-0.39, 0.29) is 25.2 Å². The van der Waals surface area contributed by atoms with Crippen molar-refractivity contribution >= 4 is 8.80 Å². The lowest BCUT2D eigenvalue weighted by atomic mass is 10.2. The van der Waals surface area contributed by atoms with Gasteiger partial charge < -0.3 is 27.9 Å². The molecule has 1 rings (SSSR count). The van der Waals surface area contributed by atoms with Gasteiger partial charge in [-0.25, -0.2) is 0 Å². The van der Waals surface area contributed by atoms with E-state index in [9.17, 15) is 0 Å². The molecule has 20 heavy (non-hydrogen) atoms. The van der Waals surface area contributed by atoms with Crippen LogP contribution in [0.5, 0.6) is 0 Å². The molecule has 0 aromatic rings. The van der Waals surface area contributed by atoms with Gasteiger partial charge in [0, 0.05) is 25.9 Å². The number of aliphatic hydroxyl groups is 1. The second-order valence-corrected chi connectivity index (χ2v) is 7.56. The molecule has 2 unspecified atom stereocenters. The molecule has 0 bridgehead atoms. The normalized spacial score (nSPS) is 20.1. The highest BCUT2D eigenvalue weighted by Crippen LogP contribution is 2.22. The average Bonchev–Trinajstić information content (AvgIpc) is 3.21. The Morgan fingerprint density at radius 1 is 1.25 bits per heavy atom. The number of epoxide rings is 1. The zero-order valence-corrected chi connectivity index (χ0v) is 13.8. The van der Waals surface area contributed by atoms with Crippen molar-refractivity contribution in [3.8, 4) is 0 Å². The quantitative estimate of drug-likeness (QED) is 0.405. The maximum atomic E-state index is 8.96. The summed E-state index contributed by atoms with van der Waals surface area (Å²) in [4.78, 5) is 0. The molecule has 0 amide bonds. The van der Waals surface area contributed by atoms with Crippen LogP contribution >= 0.6 is 0 Å². The SMILES string of the molecule is CCO[Si](CC(C)COCC1CO1)(OCC)OCCO. The summed E-state index contributed by atoms with van der Waals surface area (Å²) in [7, 11) is -2.71. The third kappa shape index (κ3) is 7.12. The topological polar surface area (TPSA) is 69.7 Å². The Bertz CT molecular complexity index is 243. The molecular formula is C13H28O6Si. The van der Waals surface area contributed by atoms with E-state index in [1.54, 1.807) is 0 Å². The molecule has 0 aromatic heterocycles. The first-order chi connectivity index (χ1) is 9.65. The first-order valence-corrected chi connectivity index (χ1v) is 9.31. The van der Waals surface area contributed by atoms with Crippen molar-refractivity contribution in [2.75, 3.05) is 46.2 Å². The standard InChI is InChI=1S/C13H28O6Si/c1-4-17-20(18-5-2,19-7-6-14)11-12(3)8-15-9-13-10-16-13/h12-14H,4-11H2,1-3H3. The molecule has 0 spiro atoms. The Labute approximate surface area is 122 Å². The van der Waals surface area contributed by atoms with Crippen LogP contribution in [0.1, 0.15) is 20.8 Å². The fourth-order valence-electron chi connectivity index (χ4n) is 1.99. The Kier molecular flexibility index (Phi) is 8.86. The van der Waals surface area contributed by atoms with E-state index in [2.05, 4.69) is 6.92 Å². The molecule has 0 aliphatic carbocycles. The van der Waals surface area contributed by atoms with Gasteiger partial charge in [0.05, 0.1) is 26.4 Å². The van der Waals surface area contributed by atoms with Crippen LogP contribution in [0.2, 0.25) is 6.04 Å². The van der Waals surface area contributed by atoms with Crippen molar-refractivity contribution in [1.29, 1.82) is 0 Å². The summed E-state index contributed by atoms with van der Waals surface area (Å²) in [6.45, 7) is 9.34. The highest BCUT2D eigenvalue weighted by atomic mass is 28.4. The Morgan fingerprint density at radius 2 is 1.90 bits per heavy atom. The van der Waals surface area contributed by atoms with E-state index in [1.165, 1.54) is 0 Å². The Morgan fingerprint density at radius 3 is 2.40 bits per heavy atom. The summed E-state index contributed by atoms with van der Waals surface area (Å²) < 4.78 is 28.0. The van der Waals surface area contributed by atoms with Gasteiger partial charge in [-0.05, 0) is 19.8 Å². The van der Waals surface area contributed by atoms with Crippen molar-refractivity contribution in [3.05, 3.63) is 0 Å². The van der Waals surface area contributed by atoms with Crippen molar-refractivity contribution < 1.29 is 27.9 Å². The third-order valence-corrected chi connectivity index (χ3v) is 6.15. The molecule has 1 fully saturated rings. The van der Waals surface area contributed by atoms with Gasteiger partial charge >= 0.3 is 8.80 Å². The van der Waals surface area contributed by atoms with Gasteiger partial charge in [-0.15, -0.1) is 0 Å². The maximum absolute atomic E-state index is 8.96. The molecule has 1 heterocycles. The second kappa shape index (κ2) is 9.83. The minimum absolute atomic E-state index is 0.0290. The lowest BCUT2D eigenvalue weighted by molar-refractivity contribution is 0.0414. The molecular weight excluding hydrogens is 280 g/mol. The molecule has 1 aliphatic heterocycles. The summed E-state index contributed by atoms with van der Waals surface area (Å²) >= 11 is 0. The van der Waals surface area contributed by atoms with Crippen molar-refractivity contribution in [2.45, 2.75) is 32.9 Å². The van der Waals surface area contributed by atoms with E-state index >= 15 is 0 Å². The molecule has 0 aromatic carbocycles. The summed E-state index contributed by atoms with van der Waals surface area (Å²) in [6.07, 6.45) is 0.286. The van der Waals surface area contributed by atoms with Crippen molar-refractivity contribution in [1.82, 2.24) is 0 Å². The zero-order chi connectivity index (χ0) is 14.8. The van der Waals surface area contributed by atoms with Crippen LogP contribution in [0.3, 0.4) is 0 Å². The lowest BCUT2D eigenvalue weighted by Crippen LogP contribution is -2.48. The minimum atomic E-state index is -2.71. The van der Waals surface area contributed by atoms with E-state index in [4.69, 9.17) is 27.9 Å². The molecule has 120 valence electrons. The predicted molar refractivity (Wildman–Crippen MR) is 76.6 cm³/mol. The van der Waals surface area contributed by atoms with Crippen LogP contribution in [0.4, 0.5) is 0 Å². The van der Waals surface area contributed by atoms with Crippen LogP contribution in [-0.4, -0.2) is 66.3 Å². The molecule has 1 aliphatic rings. The first-order valence-electron chi connectivity index (χ1n) is 7.37. The van der Waals surface area contributed by atoms with Gasteiger partial charge in [0.25, 0.3) is 0 Å². The predicted octanol–water partition coefficient (Wildman–Crippen LogP) is 1.06. The Hall–Kier alpha value is -0.0231. The van der Waals surface area contributed by atoms with Crippen LogP contribution in [0.15, 0.2) is 0 Å². The fourth-order valence-corrected chi connectivity index (χ4v) is 4.85. The smallest absolute Gasteiger partial charge is 0.394 e. The minimum Gasteiger partial charge on any atom is -0.394 e. The molecule has 0 saturated carbocycles. The van der Waals surface area contributed by atoms with Crippen molar-refractivity contribution in [3.63, 3.8) is 0 Å². The summed E-state index contributed by atoms with van der Waals surface area (Å²) in [6, 6.07) is 0.695. The number of hydrogen-bond acceptors (Lipinski definition) is 6. The molecule has 0 radical (unpaired) electrons. The zero-order valence-electron chi connectivity index (χ0n) is 12.8. The number of rotatable bonds is 13. The maximum Gasteiger partial charge on any atom is 0.501 e. The van der Waals surface area contributed by atoms with Gasteiger partial charge in [0.1, 0.15) is 6.10 Å². The monoisotopic (exact) mass is 308 g/mol. The van der Waals surface area contributed by atoms with Crippen LogP contribution < -0.4 is 0 Å². The van der Waals surface area contributed by atoms with Gasteiger partial charge in [0.2, 0.25) is 0 Å². The van der Waals surface area contributed by atoms with Gasteiger partial charge in [-0.1, -0.05) is 6.92 Å². The summed E-state index contributed by atoms with van der Waals surface area (Å²) in [5.41, 5.74) is 0. The first kappa shape index (κ1) is 18.0. The van der Waals surface area contributed by atoms with E-state index in [0.717, 1.165) is 6.61 Å². The van der Waals surface area contributed by atoms with Crippen LogP contribution in [-0.2, 0) is 22.8 Å². The number of hydrogen-bond donors (Lipinski definition) is 1. The van der Waals surface area contributed by atoms with Crippen molar-refractivity contribution in [2.24, 2.45) is 5.92 Å². The van der Waals surface area contributed by atoms with E-state index in [0.29, 0.717) is 32.5 Å². The molecule has 1 saturated heterocycles.